The lowest BCUT2D eigenvalue weighted by atomic mass is 10.2. The van der Waals surface area contributed by atoms with Crippen LogP contribution in [-0.2, 0) is 0 Å². The SMILES string of the molecule is C=CCN=c1scc(-c2ccc(Cl)cc2)n1N=C1CCCC1. The van der Waals surface area contributed by atoms with Crippen molar-refractivity contribution in [3.05, 3.63) is 52.1 Å². The van der Waals surface area contributed by atoms with E-state index in [1.807, 2.05) is 28.9 Å². The molecule has 0 N–H and O–H groups in total. The molecule has 1 aromatic heterocycles. The molecule has 1 aliphatic carbocycles. The second-order valence-corrected chi connectivity index (χ2v) is 6.50. The molecule has 3 nitrogen and oxygen atoms in total. The average molecular weight is 332 g/mol. The molecular formula is C17H18ClN3S. The minimum Gasteiger partial charge on any atom is -0.253 e. The molecule has 0 bridgehead atoms. The molecule has 1 saturated carbocycles. The van der Waals surface area contributed by atoms with Gasteiger partial charge in [0.05, 0.1) is 12.2 Å². The zero-order chi connectivity index (χ0) is 15.4. The van der Waals surface area contributed by atoms with Crippen LogP contribution < -0.4 is 4.80 Å². The molecule has 0 unspecified atom stereocenters. The molecule has 5 heteroatoms. The van der Waals surface area contributed by atoms with Gasteiger partial charge in [-0.15, -0.1) is 17.9 Å². The van der Waals surface area contributed by atoms with E-state index in [2.05, 4.69) is 17.0 Å². The van der Waals surface area contributed by atoms with Gasteiger partial charge in [-0.1, -0.05) is 29.8 Å². The van der Waals surface area contributed by atoms with Crippen LogP contribution >= 0.6 is 22.9 Å². The summed E-state index contributed by atoms with van der Waals surface area (Å²) in [6, 6.07) is 7.85. The van der Waals surface area contributed by atoms with Crippen LogP contribution in [-0.4, -0.2) is 16.9 Å². The zero-order valence-corrected chi connectivity index (χ0v) is 13.9. The molecule has 2 aromatic rings. The predicted molar refractivity (Wildman–Crippen MR) is 94.7 cm³/mol. The minimum atomic E-state index is 0.603. The summed E-state index contributed by atoms with van der Waals surface area (Å²) in [6.45, 7) is 4.34. The van der Waals surface area contributed by atoms with E-state index >= 15 is 0 Å². The number of halogens is 1. The van der Waals surface area contributed by atoms with Gasteiger partial charge in [0.1, 0.15) is 0 Å². The maximum Gasteiger partial charge on any atom is 0.206 e. The van der Waals surface area contributed by atoms with Gasteiger partial charge in [0.25, 0.3) is 0 Å². The van der Waals surface area contributed by atoms with Crippen molar-refractivity contribution in [3.63, 3.8) is 0 Å². The first-order valence-electron chi connectivity index (χ1n) is 7.42. The van der Waals surface area contributed by atoms with Crippen LogP contribution in [0.15, 0.2) is 52.4 Å². The molecular weight excluding hydrogens is 314 g/mol. The number of nitrogens with zero attached hydrogens (tertiary/aromatic N) is 3. The lowest BCUT2D eigenvalue weighted by Gasteiger charge is -2.05. The van der Waals surface area contributed by atoms with Crippen LogP contribution in [0.3, 0.4) is 0 Å². The second-order valence-electron chi connectivity index (χ2n) is 5.22. The van der Waals surface area contributed by atoms with Crippen LogP contribution in [0.2, 0.25) is 5.02 Å². The maximum atomic E-state index is 5.99. The Balaban J connectivity index is 2.09. The standard InChI is InChI=1S/C17H18ClN3S/c1-2-11-19-17-21(20-15-5-3-4-6-15)16(12-22-17)13-7-9-14(18)10-8-13/h2,7-10,12H,1,3-6,11H2. The van der Waals surface area contributed by atoms with E-state index in [-0.39, 0.29) is 0 Å². The van der Waals surface area contributed by atoms with E-state index in [1.54, 1.807) is 17.4 Å². The molecule has 3 rings (SSSR count). The Hall–Kier alpha value is -1.65. The first-order valence-corrected chi connectivity index (χ1v) is 8.68. The van der Waals surface area contributed by atoms with Gasteiger partial charge < -0.3 is 0 Å². The van der Waals surface area contributed by atoms with Crippen molar-refractivity contribution in [2.24, 2.45) is 10.1 Å². The van der Waals surface area contributed by atoms with Crippen molar-refractivity contribution in [1.82, 2.24) is 4.68 Å². The van der Waals surface area contributed by atoms with Gasteiger partial charge in [0.2, 0.25) is 4.80 Å². The van der Waals surface area contributed by atoms with E-state index in [0.29, 0.717) is 6.54 Å². The Morgan fingerprint density at radius 2 is 1.95 bits per heavy atom. The third-order valence-electron chi connectivity index (χ3n) is 3.60. The fourth-order valence-corrected chi connectivity index (χ4v) is 3.46. The van der Waals surface area contributed by atoms with Gasteiger partial charge in [-0.3, -0.25) is 4.99 Å². The lowest BCUT2D eigenvalue weighted by molar-refractivity contribution is 0.828. The van der Waals surface area contributed by atoms with E-state index in [9.17, 15) is 0 Å². The fraction of sp³-hybridized carbons (Fsp3) is 0.294. The summed E-state index contributed by atoms with van der Waals surface area (Å²) >= 11 is 7.60. The highest BCUT2D eigenvalue weighted by Crippen LogP contribution is 2.23. The first kappa shape index (κ1) is 15.3. The highest BCUT2D eigenvalue weighted by atomic mass is 35.5. The Morgan fingerprint density at radius 3 is 2.64 bits per heavy atom. The molecule has 22 heavy (non-hydrogen) atoms. The highest BCUT2D eigenvalue weighted by Gasteiger charge is 2.12. The second kappa shape index (κ2) is 7.07. The Kier molecular flexibility index (Phi) is 4.90. The quantitative estimate of drug-likeness (QED) is 0.725. The number of thiazole rings is 1. The third-order valence-corrected chi connectivity index (χ3v) is 4.71. The van der Waals surface area contributed by atoms with Crippen molar-refractivity contribution >= 4 is 28.6 Å². The number of hydrogen-bond donors (Lipinski definition) is 0. The summed E-state index contributed by atoms with van der Waals surface area (Å²) in [7, 11) is 0. The normalized spacial score (nSPS) is 15.3. The van der Waals surface area contributed by atoms with Crippen molar-refractivity contribution in [2.45, 2.75) is 25.7 Å². The van der Waals surface area contributed by atoms with Gasteiger partial charge in [0.15, 0.2) is 0 Å². The molecule has 1 aromatic carbocycles. The molecule has 1 heterocycles. The monoisotopic (exact) mass is 331 g/mol. The van der Waals surface area contributed by atoms with Gasteiger partial charge >= 0.3 is 0 Å². The summed E-state index contributed by atoms with van der Waals surface area (Å²) in [5.74, 6) is 0. The van der Waals surface area contributed by atoms with Crippen molar-refractivity contribution in [3.8, 4) is 11.3 Å². The van der Waals surface area contributed by atoms with E-state index < -0.39 is 0 Å². The topological polar surface area (TPSA) is 29.6 Å². The molecule has 0 radical (unpaired) electrons. The van der Waals surface area contributed by atoms with Gasteiger partial charge in [-0.2, -0.15) is 5.10 Å². The average Bonchev–Trinajstić information content (AvgIpc) is 3.17. The van der Waals surface area contributed by atoms with Crippen LogP contribution in [0.1, 0.15) is 25.7 Å². The Labute approximate surface area is 139 Å². The van der Waals surface area contributed by atoms with Crippen LogP contribution in [0.25, 0.3) is 11.3 Å². The molecule has 0 spiro atoms. The van der Waals surface area contributed by atoms with Gasteiger partial charge in [-0.25, -0.2) is 4.68 Å². The summed E-state index contributed by atoms with van der Waals surface area (Å²) in [6.07, 6.45) is 6.44. The fourth-order valence-electron chi connectivity index (χ4n) is 2.49. The smallest absolute Gasteiger partial charge is 0.206 e. The molecule has 0 saturated heterocycles. The van der Waals surface area contributed by atoms with E-state index in [0.717, 1.165) is 33.9 Å². The summed E-state index contributed by atoms with van der Waals surface area (Å²) in [5, 5.41) is 7.69. The zero-order valence-electron chi connectivity index (χ0n) is 12.3. The number of rotatable bonds is 4. The third kappa shape index (κ3) is 3.39. The van der Waals surface area contributed by atoms with Crippen molar-refractivity contribution in [1.29, 1.82) is 0 Å². The number of aromatic nitrogens is 1. The van der Waals surface area contributed by atoms with Crippen LogP contribution in [0.5, 0.6) is 0 Å². The maximum absolute atomic E-state index is 5.99. The number of benzene rings is 1. The van der Waals surface area contributed by atoms with Crippen molar-refractivity contribution < 1.29 is 0 Å². The number of hydrogen-bond acceptors (Lipinski definition) is 3. The summed E-state index contributed by atoms with van der Waals surface area (Å²) < 4.78 is 1.97. The molecule has 114 valence electrons. The van der Waals surface area contributed by atoms with Gasteiger partial charge in [-0.05, 0) is 37.8 Å². The van der Waals surface area contributed by atoms with Crippen molar-refractivity contribution in [2.75, 3.05) is 6.54 Å². The Morgan fingerprint density at radius 1 is 1.23 bits per heavy atom. The van der Waals surface area contributed by atoms with Crippen LogP contribution in [0.4, 0.5) is 0 Å². The largest absolute Gasteiger partial charge is 0.253 e. The van der Waals surface area contributed by atoms with Gasteiger partial charge in [0, 0.05) is 21.7 Å². The Bertz CT molecular complexity index is 745. The molecule has 0 atom stereocenters. The van der Waals surface area contributed by atoms with Crippen LogP contribution in [0, 0.1) is 0 Å². The predicted octanol–water partition coefficient (Wildman–Crippen LogP) is 4.73. The first-order chi connectivity index (χ1) is 10.8. The lowest BCUT2D eigenvalue weighted by Crippen LogP contribution is -2.14. The van der Waals surface area contributed by atoms with E-state index in [4.69, 9.17) is 16.7 Å². The summed E-state index contributed by atoms with van der Waals surface area (Å²) in [4.78, 5) is 5.47. The minimum absolute atomic E-state index is 0.603. The van der Waals surface area contributed by atoms with E-state index in [1.165, 1.54) is 18.6 Å². The molecule has 1 aliphatic rings. The molecule has 0 aliphatic heterocycles. The highest BCUT2D eigenvalue weighted by molar-refractivity contribution is 7.07. The summed E-state index contributed by atoms with van der Waals surface area (Å²) in [5.41, 5.74) is 3.42. The molecule has 1 fully saturated rings. The molecule has 0 amide bonds.